The van der Waals surface area contributed by atoms with Crippen molar-refractivity contribution >= 4 is 27.2 Å². The van der Waals surface area contributed by atoms with Crippen LogP contribution in [0.15, 0.2) is 39.9 Å². The number of ether oxygens (including phenoxy) is 4. The molecule has 1 fully saturated rings. The molecule has 0 unspecified atom stereocenters. The molecule has 45 heavy (non-hydrogen) atoms. The van der Waals surface area contributed by atoms with Crippen molar-refractivity contribution in [3.05, 3.63) is 62.2 Å². The summed E-state index contributed by atoms with van der Waals surface area (Å²) >= 11 is 0. The summed E-state index contributed by atoms with van der Waals surface area (Å²) in [5, 5.41) is 3.24. The van der Waals surface area contributed by atoms with E-state index in [1.165, 1.54) is 12.1 Å². The summed E-state index contributed by atoms with van der Waals surface area (Å²) in [5.41, 5.74) is 1.53. The van der Waals surface area contributed by atoms with Crippen LogP contribution in [-0.2, 0) is 16.5 Å². The number of hydrogen-bond acceptors (Lipinski definition) is 11. The molecule has 0 atom stereocenters. The maximum absolute atomic E-state index is 13.0. The fraction of sp³-hybridized carbons (Fsp3) is 0.484. The van der Waals surface area contributed by atoms with Gasteiger partial charge in [-0.3, -0.25) is 14.1 Å². The van der Waals surface area contributed by atoms with Crippen LogP contribution in [0, 0.1) is 11.7 Å². The molecule has 1 saturated heterocycles. The van der Waals surface area contributed by atoms with Crippen LogP contribution >= 0.6 is 0 Å². The molecule has 0 aliphatic carbocycles. The van der Waals surface area contributed by atoms with Crippen molar-refractivity contribution in [2.75, 3.05) is 77.1 Å². The van der Waals surface area contributed by atoms with Crippen molar-refractivity contribution in [2.24, 2.45) is 5.92 Å². The topological polar surface area (TPSA) is 144 Å². The third-order valence-electron chi connectivity index (χ3n) is 7.99. The summed E-state index contributed by atoms with van der Waals surface area (Å²) in [6.07, 6.45) is 4.49. The first-order chi connectivity index (χ1) is 21.4. The first kappa shape index (κ1) is 34.0. The highest BCUT2D eigenvalue weighted by molar-refractivity contribution is 7.85. The highest BCUT2D eigenvalue weighted by atomic mass is 32.2. The Morgan fingerprint density at radius 2 is 1.62 bits per heavy atom. The number of fused-ring (bicyclic) bond motifs is 1. The van der Waals surface area contributed by atoms with Crippen molar-refractivity contribution < 1.29 is 36.3 Å². The Hall–Kier alpha value is -3.88. The van der Waals surface area contributed by atoms with Gasteiger partial charge < -0.3 is 34.1 Å². The molecule has 0 amide bonds. The number of likely N-dealkylation sites (tertiary alicyclic amines) is 1. The van der Waals surface area contributed by atoms with Gasteiger partial charge >= 0.3 is 0 Å². The molecule has 2 aliphatic rings. The van der Waals surface area contributed by atoms with E-state index in [0.29, 0.717) is 72.7 Å². The number of benzene rings is 2. The van der Waals surface area contributed by atoms with Crippen LogP contribution in [0.25, 0.3) is 0 Å². The Labute approximate surface area is 262 Å². The normalized spacial score (nSPS) is 15.3. The minimum absolute atomic E-state index is 0.265. The molecule has 0 saturated carbocycles. The molecule has 2 aliphatic heterocycles. The fourth-order valence-corrected chi connectivity index (χ4v) is 5.77. The lowest BCUT2D eigenvalue weighted by molar-refractivity contribution is 0.167. The summed E-state index contributed by atoms with van der Waals surface area (Å²) in [4.78, 5) is 29.5. The Morgan fingerprint density at radius 3 is 2.22 bits per heavy atom. The zero-order valence-corrected chi connectivity index (χ0v) is 26.7. The number of halogens is 1. The highest BCUT2D eigenvalue weighted by Gasteiger charge is 2.35. The maximum Gasteiger partial charge on any atom is 0.261 e. The molecule has 0 bridgehead atoms. The summed E-state index contributed by atoms with van der Waals surface area (Å²) in [6, 6.07) is 7.95. The SMILES string of the molecule is COc1cc2c(c(OC)c1OC)CCN2c1c(NCCN2CCC(CCOc3ccc(F)cc3)CC2)c(=O)c1=O.CS(=O)(=O)O. The van der Waals surface area contributed by atoms with E-state index >= 15 is 0 Å². The van der Waals surface area contributed by atoms with Gasteiger partial charge in [-0.05, 0) is 69.0 Å². The molecule has 0 aromatic heterocycles. The molecule has 3 aromatic carbocycles. The average molecular weight is 650 g/mol. The van der Waals surface area contributed by atoms with Gasteiger partial charge in [-0.15, -0.1) is 0 Å². The number of nitrogens with one attached hydrogen (secondary N) is 1. The minimum Gasteiger partial charge on any atom is -0.494 e. The van der Waals surface area contributed by atoms with E-state index in [9.17, 15) is 22.4 Å². The van der Waals surface area contributed by atoms with Gasteiger partial charge in [0, 0.05) is 31.3 Å². The summed E-state index contributed by atoms with van der Waals surface area (Å²) < 4.78 is 61.3. The van der Waals surface area contributed by atoms with E-state index in [1.807, 2.05) is 11.0 Å². The zero-order chi connectivity index (χ0) is 32.7. The van der Waals surface area contributed by atoms with Crippen molar-refractivity contribution in [1.82, 2.24) is 4.90 Å². The highest BCUT2D eigenvalue weighted by Crippen LogP contribution is 2.49. The molecule has 246 valence electrons. The van der Waals surface area contributed by atoms with Gasteiger partial charge in [0.15, 0.2) is 11.5 Å². The van der Waals surface area contributed by atoms with Crippen molar-refractivity contribution in [3.8, 4) is 23.0 Å². The molecular formula is C31H40FN3O9S. The third-order valence-corrected chi connectivity index (χ3v) is 7.99. The predicted octanol–water partition coefficient (Wildman–Crippen LogP) is 3.24. The van der Waals surface area contributed by atoms with Crippen LogP contribution < -0.4 is 40.0 Å². The van der Waals surface area contributed by atoms with Crippen molar-refractivity contribution in [3.63, 3.8) is 0 Å². The van der Waals surface area contributed by atoms with Crippen LogP contribution in [-0.4, -0.2) is 84.8 Å². The zero-order valence-electron chi connectivity index (χ0n) is 25.9. The average Bonchev–Trinajstić information content (AvgIpc) is 3.42. The Kier molecular flexibility index (Phi) is 11.3. The van der Waals surface area contributed by atoms with Gasteiger partial charge in [0.2, 0.25) is 5.75 Å². The minimum atomic E-state index is -3.67. The van der Waals surface area contributed by atoms with E-state index in [-0.39, 0.29) is 5.82 Å². The standard InChI is InChI=1S/C30H36FN3O6.CH4O3S/c1-37-24-18-23-22(29(38-2)30(24)39-3)10-15-34(23)26-25(27(35)28(26)36)32-12-16-33-13-8-19(9-14-33)11-17-40-21-6-4-20(31)5-7-21;1-5(2,3)4/h4-7,18-19,32H,8-17H2,1-3H3;1H3,(H,2,3,4). The molecule has 2 heterocycles. The first-order valence-corrected chi connectivity index (χ1v) is 16.5. The molecule has 12 nitrogen and oxygen atoms in total. The number of rotatable bonds is 12. The fourth-order valence-electron chi connectivity index (χ4n) is 5.77. The number of hydrogen-bond donors (Lipinski definition) is 2. The molecule has 2 N–H and O–H groups in total. The van der Waals surface area contributed by atoms with Crippen LogP contribution in [0.1, 0.15) is 24.8 Å². The van der Waals surface area contributed by atoms with E-state index in [2.05, 4.69) is 10.2 Å². The number of piperidine rings is 1. The smallest absolute Gasteiger partial charge is 0.261 e. The lowest BCUT2D eigenvalue weighted by Gasteiger charge is -2.32. The van der Waals surface area contributed by atoms with Gasteiger partial charge in [-0.2, -0.15) is 8.42 Å². The Balaban J connectivity index is 0.000000854. The monoisotopic (exact) mass is 649 g/mol. The Bertz CT molecular complexity index is 1620. The van der Waals surface area contributed by atoms with Gasteiger partial charge in [0.05, 0.1) is 39.9 Å². The van der Waals surface area contributed by atoms with Crippen LogP contribution in [0.4, 0.5) is 21.5 Å². The molecule has 0 radical (unpaired) electrons. The van der Waals surface area contributed by atoms with Crippen molar-refractivity contribution in [2.45, 2.75) is 25.7 Å². The van der Waals surface area contributed by atoms with Gasteiger partial charge in [-0.1, -0.05) is 0 Å². The third kappa shape index (κ3) is 8.44. The van der Waals surface area contributed by atoms with Gasteiger partial charge in [-0.25, -0.2) is 4.39 Å². The molecule has 5 rings (SSSR count). The van der Waals surface area contributed by atoms with Gasteiger partial charge in [0.25, 0.3) is 21.0 Å². The Morgan fingerprint density at radius 1 is 0.978 bits per heavy atom. The van der Waals surface area contributed by atoms with E-state index in [4.69, 9.17) is 23.5 Å². The number of methoxy groups -OCH3 is 3. The summed E-state index contributed by atoms with van der Waals surface area (Å²) in [6.45, 7) is 4.48. The second-order valence-corrected chi connectivity index (χ2v) is 12.4. The molecule has 3 aromatic rings. The number of nitrogens with zero attached hydrogens (tertiary/aromatic N) is 2. The van der Waals surface area contributed by atoms with Crippen LogP contribution in [0.5, 0.6) is 23.0 Å². The van der Waals surface area contributed by atoms with E-state index in [1.54, 1.807) is 33.5 Å². The summed E-state index contributed by atoms with van der Waals surface area (Å²) in [5.74, 6) is 2.61. The molecule has 0 spiro atoms. The quantitative estimate of drug-likeness (QED) is 0.220. The largest absolute Gasteiger partial charge is 0.494 e. The predicted molar refractivity (Wildman–Crippen MR) is 170 cm³/mol. The maximum atomic E-state index is 13.0. The van der Waals surface area contributed by atoms with Gasteiger partial charge in [0.1, 0.15) is 22.9 Å². The van der Waals surface area contributed by atoms with Crippen LogP contribution in [0.2, 0.25) is 0 Å². The number of anilines is 3. The molecular weight excluding hydrogens is 609 g/mol. The van der Waals surface area contributed by atoms with Crippen molar-refractivity contribution in [1.29, 1.82) is 0 Å². The lowest BCUT2D eigenvalue weighted by atomic mass is 9.94. The second-order valence-electron chi connectivity index (χ2n) is 11.0. The van der Waals surface area contributed by atoms with Crippen LogP contribution in [0.3, 0.4) is 0 Å². The molecule has 14 heteroatoms. The lowest BCUT2D eigenvalue weighted by Crippen LogP contribution is -2.42. The van der Waals surface area contributed by atoms with E-state index in [0.717, 1.165) is 50.1 Å². The van der Waals surface area contributed by atoms with E-state index < -0.39 is 21.0 Å². The first-order valence-electron chi connectivity index (χ1n) is 14.6. The summed E-state index contributed by atoms with van der Waals surface area (Å²) in [7, 11) is 1.03. The second kappa shape index (κ2) is 14.9.